The number of aromatic nitrogens is 2. The van der Waals surface area contributed by atoms with E-state index < -0.39 is 6.10 Å². The van der Waals surface area contributed by atoms with E-state index >= 15 is 0 Å². The summed E-state index contributed by atoms with van der Waals surface area (Å²) in [5.41, 5.74) is 1.52. The fourth-order valence-electron chi connectivity index (χ4n) is 2.75. The molecule has 0 saturated heterocycles. The molecule has 0 aliphatic rings. The fraction of sp³-hybridized carbons (Fsp3) is 0.364. The molecule has 0 bridgehead atoms. The molecule has 154 valence electrons. The van der Waals surface area contributed by atoms with Gasteiger partial charge in [0.1, 0.15) is 18.1 Å². The Morgan fingerprint density at radius 1 is 1.10 bits per heavy atom. The second kappa shape index (κ2) is 9.76. The first-order valence-electron chi connectivity index (χ1n) is 9.68. The molecule has 3 rings (SSSR count). The molecule has 1 atom stereocenters. The number of rotatable bonds is 9. The van der Waals surface area contributed by atoms with Crippen LogP contribution in [0.3, 0.4) is 0 Å². The third-order valence-electron chi connectivity index (χ3n) is 4.14. The molecule has 1 unspecified atom stereocenters. The van der Waals surface area contributed by atoms with Gasteiger partial charge >= 0.3 is 0 Å². The summed E-state index contributed by atoms with van der Waals surface area (Å²) in [5, 5.41) is 14.3. The van der Waals surface area contributed by atoms with E-state index in [0.717, 1.165) is 24.0 Å². The van der Waals surface area contributed by atoms with Crippen molar-refractivity contribution in [1.82, 2.24) is 10.1 Å². The zero-order chi connectivity index (χ0) is 20.8. The summed E-state index contributed by atoms with van der Waals surface area (Å²) in [6.07, 6.45) is 1.22. The van der Waals surface area contributed by atoms with Crippen molar-refractivity contribution >= 4 is 11.6 Å². The topological polar surface area (TPSA) is 77.6 Å². The van der Waals surface area contributed by atoms with E-state index in [1.54, 1.807) is 12.1 Å². The Hall–Kier alpha value is -2.57. The van der Waals surface area contributed by atoms with Gasteiger partial charge in [-0.3, -0.25) is 0 Å². The Morgan fingerprint density at radius 2 is 1.83 bits per heavy atom. The van der Waals surface area contributed by atoms with Crippen molar-refractivity contribution in [3.63, 3.8) is 0 Å². The zero-order valence-corrected chi connectivity index (χ0v) is 17.5. The summed E-state index contributed by atoms with van der Waals surface area (Å²) >= 11 is 6.29. The van der Waals surface area contributed by atoms with E-state index in [9.17, 15) is 5.11 Å². The monoisotopic (exact) mass is 416 g/mol. The number of aliphatic hydroxyl groups excluding tert-OH is 1. The largest absolute Gasteiger partial charge is 0.491 e. The summed E-state index contributed by atoms with van der Waals surface area (Å²) in [4.78, 5) is 4.45. The number of nitrogens with zero attached hydrogens (tertiary/aromatic N) is 2. The van der Waals surface area contributed by atoms with Gasteiger partial charge in [0.25, 0.3) is 5.89 Å². The lowest BCUT2D eigenvalue weighted by atomic mass is 10.2. The second-order valence-corrected chi connectivity index (χ2v) is 7.42. The highest BCUT2D eigenvalue weighted by Gasteiger charge is 2.13. The Morgan fingerprint density at radius 3 is 2.48 bits per heavy atom. The SMILES string of the molecule is CCCC(O)COc1ccc(-c2nc(-c3ccc(OC(C)C)c(Cl)c3)no2)cc1. The molecule has 0 aliphatic carbocycles. The minimum atomic E-state index is -0.456. The number of ether oxygens (including phenoxy) is 2. The summed E-state index contributed by atoms with van der Waals surface area (Å²) in [5.74, 6) is 2.14. The molecule has 29 heavy (non-hydrogen) atoms. The molecule has 0 radical (unpaired) electrons. The van der Waals surface area contributed by atoms with E-state index in [1.165, 1.54) is 0 Å². The van der Waals surface area contributed by atoms with Crippen LogP contribution in [-0.4, -0.2) is 34.1 Å². The summed E-state index contributed by atoms with van der Waals surface area (Å²) < 4.78 is 16.6. The molecule has 2 aromatic carbocycles. The lowest BCUT2D eigenvalue weighted by molar-refractivity contribution is 0.0993. The van der Waals surface area contributed by atoms with Gasteiger partial charge in [0.05, 0.1) is 17.2 Å². The van der Waals surface area contributed by atoms with Gasteiger partial charge in [0.15, 0.2) is 0 Å². The maximum absolute atomic E-state index is 9.76. The van der Waals surface area contributed by atoms with Crippen LogP contribution in [0.4, 0.5) is 0 Å². The van der Waals surface area contributed by atoms with Crippen molar-refractivity contribution in [2.45, 2.75) is 45.8 Å². The van der Waals surface area contributed by atoms with E-state index in [1.807, 2.05) is 51.1 Å². The Kier molecular flexibility index (Phi) is 7.12. The highest BCUT2D eigenvalue weighted by Crippen LogP contribution is 2.31. The van der Waals surface area contributed by atoms with Crippen LogP contribution >= 0.6 is 11.6 Å². The minimum absolute atomic E-state index is 0.0389. The molecule has 0 amide bonds. The van der Waals surface area contributed by atoms with Gasteiger partial charge in [0.2, 0.25) is 5.82 Å². The number of benzene rings is 2. The molecule has 3 aromatic rings. The first kappa shape index (κ1) is 21.1. The van der Waals surface area contributed by atoms with Crippen LogP contribution in [-0.2, 0) is 0 Å². The first-order valence-corrected chi connectivity index (χ1v) is 10.1. The highest BCUT2D eigenvalue weighted by molar-refractivity contribution is 6.32. The number of aliphatic hydroxyl groups is 1. The quantitative estimate of drug-likeness (QED) is 0.504. The molecule has 1 N–H and O–H groups in total. The molecule has 0 fully saturated rings. The maximum Gasteiger partial charge on any atom is 0.258 e. The minimum Gasteiger partial charge on any atom is -0.491 e. The standard InChI is InChI=1S/C22H25ClN2O4/c1-4-5-17(26)13-27-18-9-6-15(7-10-18)22-24-21(25-29-22)16-8-11-20(19(23)12-16)28-14(2)3/h6-12,14,17,26H,4-5,13H2,1-3H3. The van der Waals surface area contributed by atoms with Crippen molar-refractivity contribution in [2.24, 2.45) is 0 Å². The number of hydrogen-bond acceptors (Lipinski definition) is 6. The molecule has 1 heterocycles. The van der Waals surface area contributed by atoms with Crippen molar-refractivity contribution < 1.29 is 19.1 Å². The fourth-order valence-corrected chi connectivity index (χ4v) is 2.98. The second-order valence-electron chi connectivity index (χ2n) is 7.01. The van der Waals surface area contributed by atoms with Crippen LogP contribution in [0.15, 0.2) is 47.0 Å². The lowest BCUT2D eigenvalue weighted by Gasteiger charge is -2.11. The third-order valence-corrected chi connectivity index (χ3v) is 4.44. The van der Waals surface area contributed by atoms with Crippen molar-refractivity contribution in [2.75, 3.05) is 6.61 Å². The van der Waals surface area contributed by atoms with E-state index in [4.69, 9.17) is 25.6 Å². The molecule has 0 aliphatic heterocycles. The average Bonchev–Trinajstić information content (AvgIpc) is 3.18. The van der Waals surface area contributed by atoms with Crippen molar-refractivity contribution in [3.8, 4) is 34.3 Å². The van der Waals surface area contributed by atoms with E-state index in [0.29, 0.717) is 28.2 Å². The van der Waals surface area contributed by atoms with Gasteiger partial charge in [-0.1, -0.05) is 30.1 Å². The Bertz CT molecular complexity index is 925. The number of halogens is 1. The predicted molar refractivity (Wildman–Crippen MR) is 112 cm³/mol. The van der Waals surface area contributed by atoms with Gasteiger partial charge < -0.3 is 19.1 Å². The summed E-state index contributed by atoms with van der Waals surface area (Å²) in [7, 11) is 0. The van der Waals surface area contributed by atoms with Gasteiger partial charge in [-0.15, -0.1) is 0 Å². The highest BCUT2D eigenvalue weighted by atomic mass is 35.5. The molecule has 7 heteroatoms. The van der Waals surface area contributed by atoms with Crippen molar-refractivity contribution in [3.05, 3.63) is 47.5 Å². The third kappa shape index (κ3) is 5.71. The van der Waals surface area contributed by atoms with Gasteiger partial charge in [-0.05, 0) is 62.7 Å². The maximum atomic E-state index is 9.76. The predicted octanol–water partition coefficient (Wildman–Crippen LogP) is 5.38. The van der Waals surface area contributed by atoms with Gasteiger partial charge in [-0.25, -0.2) is 0 Å². The van der Waals surface area contributed by atoms with Crippen LogP contribution in [0.5, 0.6) is 11.5 Å². The van der Waals surface area contributed by atoms with Crippen LogP contribution in [0, 0.1) is 0 Å². The summed E-state index contributed by atoms with van der Waals surface area (Å²) in [6.45, 7) is 6.19. The van der Waals surface area contributed by atoms with E-state index in [2.05, 4.69) is 10.1 Å². The molecular formula is C22H25ClN2O4. The molecule has 1 aromatic heterocycles. The smallest absolute Gasteiger partial charge is 0.258 e. The summed E-state index contributed by atoms with van der Waals surface area (Å²) in [6, 6.07) is 12.7. The van der Waals surface area contributed by atoms with Crippen LogP contribution in [0.1, 0.15) is 33.6 Å². The number of hydrogen-bond donors (Lipinski definition) is 1. The van der Waals surface area contributed by atoms with Gasteiger partial charge in [0, 0.05) is 11.1 Å². The first-order chi connectivity index (χ1) is 14.0. The molecule has 0 spiro atoms. The molecule has 0 saturated carbocycles. The van der Waals surface area contributed by atoms with E-state index in [-0.39, 0.29) is 12.7 Å². The van der Waals surface area contributed by atoms with Crippen LogP contribution in [0.2, 0.25) is 5.02 Å². The Balaban J connectivity index is 1.69. The Labute approximate surface area is 175 Å². The molecule has 6 nitrogen and oxygen atoms in total. The van der Waals surface area contributed by atoms with Crippen LogP contribution in [0.25, 0.3) is 22.8 Å². The zero-order valence-electron chi connectivity index (χ0n) is 16.8. The van der Waals surface area contributed by atoms with Crippen molar-refractivity contribution in [1.29, 1.82) is 0 Å². The van der Waals surface area contributed by atoms with Gasteiger partial charge in [-0.2, -0.15) is 4.98 Å². The molecular weight excluding hydrogens is 392 g/mol. The normalized spacial score (nSPS) is 12.2. The average molecular weight is 417 g/mol. The lowest BCUT2D eigenvalue weighted by Crippen LogP contribution is -2.16. The van der Waals surface area contributed by atoms with Crippen LogP contribution < -0.4 is 9.47 Å².